The van der Waals surface area contributed by atoms with Crippen molar-refractivity contribution in [3.05, 3.63) is 22.8 Å². The maximum absolute atomic E-state index is 11.1. The van der Waals surface area contributed by atoms with E-state index in [1.165, 1.54) is 14.2 Å². The van der Waals surface area contributed by atoms with E-state index in [1.54, 1.807) is 6.07 Å². The number of rotatable bonds is 3. The fourth-order valence-corrected chi connectivity index (χ4v) is 1.47. The van der Waals surface area contributed by atoms with Crippen LogP contribution in [0.25, 0.3) is 0 Å². The molecule has 0 saturated carbocycles. The number of carboxylic acids is 1. The first-order chi connectivity index (χ1) is 7.02. The lowest BCUT2D eigenvalue weighted by atomic mass is 10.0. The normalized spacial score (nSPS) is 9.87. The molecule has 0 heterocycles. The molecule has 0 aliphatic carbocycles. The van der Waals surface area contributed by atoms with Crippen molar-refractivity contribution in [1.29, 1.82) is 0 Å². The number of carbonyl (C=O) groups is 1. The average Bonchev–Trinajstić information content (AvgIpc) is 2.20. The summed E-state index contributed by atoms with van der Waals surface area (Å²) in [6.07, 6.45) is 0. The van der Waals surface area contributed by atoms with Gasteiger partial charge in [0.15, 0.2) is 0 Å². The van der Waals surface area contributed by atoms with E-state index in [-0.39, 0.29) is 5.56 Å². The molecule has 4 nitrogen and oxygen atoms in total. The number of methoxy groups -OCH3 is 2. The molecule has 82 valence electrons. The Morgan fingerprint density at radius 1 is 1.27 bits per heavy atom. The minimum Gasteiger partial charge on any atom is -0.496 e. The lowest BCUT2D eigenvalue weighted by Gasteiger charge is -2.14. The van der Waals surface area contributed by atoms with Crippen LogP contribution in [-0.4, -0.2) is 25.3 Å². The second kappa shape index (κ2) is 4.21. The van der Waals surface area contributed by atoms with Crippen LogP contribution in [0.2, 0.25) is 0 Å². The van der Waals surface area contributed by atoms with Crippen molar-refractivity contribution in [2.45, 2.75) is 13.8 Å². The molecule has 4 heteroatoms. The zero-order valence-corrected chi connectivity index (χ0v) is 9.25. The number of aromatic carboxylic acids is 1. The van der Waals surface area contributed by atoms with Gasteiger partial charge in [-0.1, -0.05) is 0 Å². The third-order valence-electron chi connectivity index (χ3n) is 2.39. The standard InChI is InChI=1S/C11H14O4/c1-6-5-8(14-3)9(11(12)13)10(15-4)7(6)2/h5H,1-4H3,(H,12,13). The van der Waals surface area contributed by atoms with Gasteiger partial charge in [-0.15, -0.1) is 0 Å². The van der Waals surface area contributed by atoms with Gasteiger partial charge in [0.2, 0.25) is 0 Å². The van der Waals surface area contributed by atoms with Crippen molar-refractivity contribution < 1.29 is 19.4 Å². The van der Waals surface area contributed by atoms with Crippen LogP contribution >= 0.6 is 0 Å². The van der Waals surface area contributed by atoms with E-state index in [4.69, 9.17) is 14.6 Å². The summed E-state index contributed by atoms with van der Waals surface area (Å²) in [5, 5.41) is 9.06. The molecule has 15 heavy (non-hydrogen) atoms. The van der Waals surface area contributed by atoms with E-state index in [2.05, 4.69) is 0 Å². The van der Waals surface area contributed by atoms with Crippen molar-refractivity contribution in [3.8, 4) is 11.5 Å². The largest absolute Gasteiger partial charge is 0.496 e. The summed E-state index contributed by atoms with van der Waals surface area (Å²) in [6, 6.07) is 1.70. The van der Waals surface area contributed by atoms with Gasteiger partial charge in [-0.2, -0.15) is 0 Å². The van der Waals surface area contributed by atoms with Crippen LogP contribution in [-0.2, 0) is 0 Å². The van der Waals surface area contributed by atoms with Crippen molar-refractivity contribution >= 4 is 5.97 Å². The molecular weight excluding hydrogens is 196 g/mol. The average molecular weight is 210 g/mol. The van der Waals surface area contributed by atoms with E-state index in [9.17, 15) is 4.79 Å². The molecule has 0 aliphatic heterocycles. The van der Waals surface area contributed by atoms with Gasteiger partial charge >= 0.3 is 5.97 Å². The van der Waals surface area contributed by atoms with Crippen LogP contribution in [0.4, 0.5) is 0 Å². The summed E-state index contributed by atoms with van der Waals surface area (Å²) in [5.74, 6) is -0.367. The van der Waals surface area contributed by atoms with Crippen LogP contribution in [0.15, 0.2) is 6.07 Å². The highest BCUT2D eigenvalue weighted by molar-refractivity contribution is 5.95. The number of hydrogen-bond acceptors (Lipinski definition) is 3. The molecule has 0 radical (unpaired) electrons. The van der Waals surface area contributed by atoms with E-state index >= 15 is 0 Å². The predicted octanol–water partition coefficient (Wildman–Crippen LogP) is 2.02. The van der Waals surface area contributed by atoms with Crippen molar-refractivity contribution in [2.75, 3.05) is 14.2 Å². The lowest BCUT2D eigenvalue weighted by Crippen LogP contribution is -2.06. The second-order valence-corrected chi connectivity index (χ2v) is 3.23. The lowest BCUT2D eigenvalue weighted by molar-refractivity contribution is 0.0689. The van der Waals surface area contributed by atoms with Gasteiger partial charge in [0.1, 0.15) is 17.1 Å². The van der Waals surface area contributed by atoms with Crippen LogP contribution in [0.5, 0.6) is 11.5 Å². The Hall–Kier alpha value is -1.71. The van der Waals surface area contributed by atoms with Gasteiger partial charge in [0, 0.05) is 0 Å². The monoisotopic (exact) mass is 210 g/mol. The van der Waals surface area contributed by atoms with Gasteiger partial charge in [-0.25, -0.2) is 4.79 Å². The second-order valence-electron chi connectivity index (χ2n) is 3.23. The first kappa shape index (κ1) is 11.4. The van der Waals surface area contributed by atoms with Crippen LogP contribution in [0.1, 0.15) is 21.5 Å². The molecule has 0 aliphatic rings. The summed E-state index contributed by atoms with van der Waals surface area (Å²) in [4.78, 5) is 11.1. The molecular formula is C11H14O4. The third-order valence-corrected chi connectivity index (χ3v) is 2.39. The van der Waals surface area contributed by atoms with Gasteiger partial charge < -0.3 is 14.6 Å². The minimum absolute atomic E-state index is 0.0723. The first-order valence-electron chi connectivity index (χ1n) is 4.48. The Bertz CT molecular complexity index is 396. The van der Waals surface area contributed by atoms with Gasteiger partial charge in [-0.05, 0) is 31.0 Å². The molecule has 0 unspecified atom stereocenters. The van der Waals surface area contributed by atoms with E-state index < -0.39 is 5.97 Å². The smallest absolute Gasteiger partial charge is 0.343 e. The highest BCUT2D eigenvalue weighted by Crippen LogP contribution is 2.34. The Kier molecular flexibility index (Phi) is 3.19. The Balaban J connectivity index is 3.56. The Labute approximate surface area is 88.4 Å². The Morgan fingerprint density at radius 3 is 2.27 bits per heavy atom. The van der Waals surface area contributed by atoms with E-state index in [0.717, 1.165) is 11.1 Å². The maximum atomic E-state index is 11.1. The van der Waals surface area contributed by atoms with Crippen molar-refractivity contribution in [2.24, 2.45) is 0 Å². The topological polar surface area (TPSA) is 55.8 Å². The van der Waals surface area contributed by atoms with Crippen LogP contribution < -0.4 is 9.47 Å². The molecule has 0 fully saturated rings. The van der Waals surface area contributed by atoms with E-state index in [0.29, 0.717) is 11.5 Å². The zero-order valence-electron chi connectivity index (χ0n) is 9.25. The van der Waals surface area contributed by atoms with E-state index in [1.807, 2.05) is 13.8 Å². The number of benzene rings is 1. The van der Waals surface area contributed by atoms with Gasteiger partial charge in [0.05, 0.1) is 14.2 Å². The fraction of sp³-hybridized carbons (Fsp3) is 0.364. The van der Waals surface area contributed by atoms with Crippen molar-refractivity contribution in [3.63, 3.8) is 0 Å². The quantitative estimate of drug-likeness (QED) is 0.829. The minimum atomic E-state index is -1.05. The summed E-state index contributed by atoms with van der Waals surface area (Å²) >= 11 is 0. The highest BCUT2D eigenvalue weighted by Gasteiger charge is 2.20. The summed E-state index contributed by atoms with van der Waals surface area (Å²) in [7, 11) is 2.89. The number of hydrogen-bond donors (Lipinski definition) is 1. The molecule has 0 spiro atoms. The van der Waals surface area contributed by atoms with Crippen LogP contribution in [0, 0.1) is 13.8 Å². The predicted molar refractivity (Wildman–Crippen MR) is 56.0 cm³/mol. The maximum Gasteiger partial charge on any atom is 0.343 e. The fourth-order valence-electron chi connectivity index (χ4n) is 1.47. The Morgan fingerprint density at radius 2 is 1.87 bits per heavy atom. The number of carboxylic acid groups (broad SMARTS) is 1. The third kappa shape index (κ3) is 1.88. The molecule has 0 bridgehead atoms. The highest BCUT2D eigenvalue weighted by atomic mass is 16.5. The summed E-state index contributed by atoms with van der Waals surface area (Å²) in [5.41, 5.74) is 1.83. The van der Waals surface area contributed by atoms with Gasteiger partial charge in [-0.3, -0.25) is 0 Å². The van der Waals surface area contributed by atoms with Crippen molar-refractivity contribution in [1.82, 2.24) is 0 Å². The molecule has 0 saturated heterocycles. The van der Waals surface area contributed by atoms with Crippen LogP contribution in [0.3, 0.4) is 0 Å². The summed E-state index contributed by atoms with van der Waals surface area (Å²) < 4.78 is 10.1. The molecule has 1 rings (SSSR count). The summed E-state index contributed by atoms with van der Waals surface area (Å²) in [6.45, 7) is 3.70. The zero-order chi connectivity index (χ0) is 11.6. The number of aryl methyl sites for hydroxylation is 1. The molecule has 0 amide bonds. The molecule has 0 aromatic heterocycles. The molecule has 0 atom stereocenters. The first-order valence-corrected chi connectivity index (χ1v) is 4.48. The SMILES string of the molecule is COc1cc(C)c(C)c(OC)c1C(=O)O. The molecule has 1 aromatic rings. The molecule has 1 N–H and O–H groups in total. The molecule has 1 aromatic carbocycles. The van der Waals surface area contributed by atoms with Gasteiger partial charge in [0.25, 0.3) is 0 Å². The number of ether oxygens (including phenoxy) is 2.